The minimum Gasteiger partial charge on any atom is -0.504 e. The van der Waals surface area contributed by atoms with Crippen molar-refractivity contribution in [1.82, 2.24) is 10.2 Å². The Morgan fingerprint density at radius 2 is 1.35 bits per heavy atom. The van der Waals surface area contributed by atoms with E-state index in [1.807, 2.05) is 24.3 Å². The Labute approximate surface area is 304 Å². The molecule has 0 aromatic heterocycles. The van der Waals surface area contributed by atoms with E-state index >= 15 is 0 Å². The van der Waals surface area contributed by atoms with E-state index in [4.69, 9.17) is 18.9 Å². The number of rotatable bonds is 7. The van der Waals surface area contributed by atoms with Crippen molar-refractivity contribution in [3.8, 4) is 34.5 Å². The third-order valence-electron chi connectivity index (χ3n) is 11.1. The Morgan fingerprint density at radius 3 is 1.98 bits per heavy atom. The number of hydrogen-bond acceptors (Lipinski definition) is 8. The largest absolute Gasteiger partial charge is 0.504 e. The third kappa shape index (κ3) is 7.49. The van der Waals surface area contributed by atoms with Crippen molar-refractivity contribution in [1.29, 1.82) is 0 Å². The van der Waals surface area contributed by atoms with Crippen molar-refractivity contribution in [2.45, 2.75) is 77.9 Å². The highest BCUT2D eigenvalue weighted by atomic mass is 16.5. The van der Waals surface area contributed by atoms with Gasteiger partial charge in [0.05, 0.1) is 28.4 Å². The van der Waals surface area contributed by atoms with Crippen LogP contribution < -0.4 is 24.3 Å². The molecule has 0 bridgehead atoms. The Bertz CT molecular complexity index is 1800. The van der Waals surface area contributed by atoms with Gasteiger partial charge in [-0.25, -0.2) is 0 Å². The van der Waals surface area contributed by atoms with Crippen molar-refractivity contribution in [2.75, 3.05) is 41.5 Å². The van der Waals surface area contributed by atoms with Crippen LogP contribution in [0.3, 0.4) is 0 Å². The van der Waals surface area contributed by atoms with E-state index in [1.54, 1.807) is 34.5 Å². The molecule has 3 atom stereocenters. The van der Waals surface area contributed by atoms with Gasteiger partial charge in [-0.05, 0) is 138 Å². The number of hydrogen-bond donors (Lipinski definition) is 3. The van der Waals surface area contributed by atoms with Crippen LogP contribution in [0.2, 0.25) is 0 Å². The second kappa shape index (κ2) is 16.3. The molecule has 3 N–H and O–H groups in total. The number of ether oxygens (including phenoxy) is 4. The highest BCUT2D eigenvalue weighted by Gasteiger charge is 2.43. The third-order valence-corrected chi connectivity index (χ3v) is 11.1. The normalized spacial score (nSPS) is 20.2. The van der Waals surface area contributed by atoms with Gasteiger partial charge in [0.1, 0.15) is 11.5 Å². The van der Waals surface area contributed by atoms with Gasteiger partial charge in [0.2, 0.25) is 0 Å². The Hall–Kier alpha value is -4.40. The average molecular weight is 697 g/mol. The second-order valence-corrected chi connectivity index (χ2v) is 13.7. The topological polar surface area (TPSA) is 92.7 Å². The molecule has 274 valence electrons. The summed E-state index contributed by atoms with van der Waals surface area (Å²) in [5.41, 5.74) is 9.19. The monoisotopic (exact) mass is 696 g/mol. The molecular formula is C43H56N2O6. The Morgan fingerprint density at radius 1 is 0.686 bits per heavy atom. The number of fused-ring (bicyclic) bond motifs is 5. The van der Waals surface area contributed by atoms with Crippen LogP contribution >= 0.6 is 0 Å². The van der Waals surface area contributed by atoms with Gasteiger partial charge in [0, 0.05) is 24.7 Å². The predicted molar refractivity (Wildman–Crippen MR) is 204 cm³/mol. The molecule has 0 saturated heterocycles. The van der Waals surface area contributed by atoms with Crippen LogP contribution in [0.4, 0.5) is 0 Å². The van der Waals surface area contributed by atoms with E-state index < -0.39 is 0 Å². The zero-order valence-electron chi connectivity index (χ0n) is 29.0. The molecule has 8 heteroatoms. The van der Waals surface area contributed by atoms with Crippen LogP contribution in [0.5, 0.6) is 34.5 Å². The molecule has 51 heavy (non-hydrogen) atoms. The van der Waals surface area contributed by atoms with Crippen molar-refractivity contribution in [3.05, 3.63) is 106 Å². The second-order valence-electron chi connectivity index (χ2n) is 13.7. The fourth-order valence-corrected chi connectivity index (χ4v) is 8.34. The number of phenols is 2. The molecule has 0 amide bonds. The van der Waals surface area contributed by atoms with Crippen LogP contribution in [0, 0.1) is 5.92 Å². The summed E-state index contributed by atoms with van der Waals surface area (Å²) >= 11 is 0. The first-order valence-electron chi connectivity index (χ1n) is 17.5. The zero-order valence-corrected chi connectivity index (χ0v) is 29.0. The number of aromatic hydroxyl groups is 2. The molecule has 4 aliphatic rings. The maximum Gasteiger partial charge on any atom is 0.160 e. The lowest BCUT2D eigenvalue weighted by molar-refractivity contribution is 0.0379. The van der Waals surface area contributed by atoms with Gasteiger partial charge in [-0.1, -0.05) is 39.5 Å². The van der Waals surface area contributed by atoms with Crippen molar-refractivity contribution in [3.63, 3.8) is 0 Å². The summed E-state index contributed by atoms with van der Waals surface area (Å²) in [4.78, 5) is 2.72. The summed E-state index contributed by atoms with van der Waals surface area (Å²) < 4.78 is 21.3. The standard InChI is InChI=1S/C23H27NO3.C18H21NO3.2CH4/c1-26-17-6-7-18-15(10-17)8-9-24-20(18)11-16-12-21(25)22(27-2)13-19(16)23(24)14-4-3-5-14;1-21-14-4-5-15-13(11-14)7-8-19-16(15)9-12-3-6-18(22-2)17(20)10-12;;/h6-7,10,12-14,20,23,25H,3-5,8-9,11H2,1-2H3;3-6,10-11,16,19-20H,7-9H2,1-2H3;2*1H4/t20-,23?;16-;;/m00../s1. The molecule has 8 nitrogen and oxygen atoms in total. The molecule has 1 unspecified atom stereocenters. The molecule has 0 spiro atoms. The van der Waals surface area contributed by atoms with E-state index in [2.05, 4.69) is 46.6 Å². The van der Waals surface area contributed by atoms with Crippen molar-refractivity contribution in [2.24, 2.45) is 5.92 Å². The molecule has 1 saturated carbocycles. The molecule has 8 rings (SSSR count). The number of methoxy groups -OCH3 is 4. The number of benzene rings is 4. The fourth-order valence-electron chi connectivity index (χ4n) is 8.34. The van der Waals surface area contributed by atoms with Gasteiger partial charge in [0.25, 0.3) is 0 Å². The summed E-state index contributed by atoms with van der Waals surface area (Å²) in [5.74, 6) is 4.09. The predicted octanol–water partition coefficient (Wildman–Crippen LogP) is 8.52. The Kier molecular flexibility index (Phi) is 12.1. The van der Waals surface area contributed by atoms with Crippen LogP contribution in [-0.2, 0) is 25.7 Å². The molecule has 4 aromatic rings. The van der Waals surface area contributed by atoms with Crippen LogP contribution in [0.25, 0.3) is 0 Å². The highest BCUT2D eigenvalue weighted by molar-refractivity contribution is 5.51. The summed E-state index contributed by atoms with van der Waals surface area (Å²) in [6.07, 6.45) is 7.77. The minimum absolute atomic E-state index is 0. The molecule has 3 heterocycles. The van der Waals surface area contributed by atoms with Crippen LogP contribution in [-0.4, -0.2) is 56.6 Å². The molecule has 0 radical (unpaired) electrons. The van der Waals surface area contributed by atoms with E-state index in [1.165, 1.54) is 52.6 Å². The van der Waals surface area contributed by atoms with Crippen molar-refractivity contribution >= 4 is 0 Å². The maximum absolute atomic E-state index is 10.4. The Balaban J connectivity index is 0.000000194. The zero-order chi connectivity index (χ0) is 34.1. The van der Waals surface area contributed by atoms with Gasteiger partial charge in [0.15, 0.2) is 23.0 Å². The van der Waals surface area contributed by atoms with E-state index in [9.17, 15) is 10.2 Å². The van der Waals surface area contributed by atoms with Gasteiger partial charge >= 0.3 is 0 Å². The summed E-state index contributed by atoms with van der Waals surface area (Å²) in [5, 5.41) is 23.8. The SMILES string of the molecule is C.C.COc1ccc2c(c1)CCN1C(C3CCC3)c3cc(OC)c(O)cc3C[C@@H]21.COc1ccc2c(c1)CCN[C@H]2Cc1ccc(OC)c(O)c1. The lowest BCUT2D eigenvalue weighted by Crippen LogP contribution is -2.46. The molecular weight excluding hydrogens is 640 g/mol. The average Bonchev–Trinajstić information content (AvgIpc) is 3.10. The van der Waals surface area contributed by atoms with Crippen molar-refractivity contribution < 1.29 is 29.2 Å². The first-order chi connectivity index (χ1) is 23.9. The van der Waals surface area contributed by atoms with E-state index in [0.717, 1.165) is 55.8 Å². The van der Waals surface area contributed by atoms with Gasteiger partial charge in [-0.15, -0.1) is 0 Å². The lowest BCUT2D eigenvalue weighted by atomic mass is 9.70. The maximum atomic E-state index is 10.4. The van der Waals surface area contributed by atoms with E-state index in [0.29, 0.717) is 29.5 Å². The number of phenolic OH excluding ortho intramolecular Hbond substituents is 2. The van der Waals surface area contributed by atoms with E-state index in [-0.39, 0.29) is 32.4 Å². The highest BCUT2D eigenvalue weighted by Crippen LogP contribution is 2.53. The first-order valence-corrected chi connectivity index (χ1v) is 17.5. The summed E-state index contributed by atoms with van der Waals surface area (Å²) in [6, 6.07) is 23.5. The van der Waals surface area contributed by atoms with Gasteiger partial charge in [-0.2, -0.15) is 0 Å². The van der Waals surface area contributed by atoms with Gasteiger partial charge < -0.3 is 34.5 Å². The van der Waals surface area contributed by atoms with Gasteiger partial charge in [-0.3, -0.25) is 4.90 Å². The number of nitrogens with zero attached hydrogens (tertiary/aromatic N) is 1. The van der Waals surface area contributed by atoms with Crippen LogP contribution in [0.1, 0.15) is 91.2 Å². The summed E-state index contributed by atoms with van der Waals surface area (Å²) in [6.45, 7) is 2.03. The smallest absolute Gasteiger partial charge is 0.160 e. The number of nitrogens with one attached hydrogen (secondary N) is 1. The molecule has 3 aliphatic heterocycles. The molecule has 1 fully saturated rings. The first kappa shape index (κ1) is 37.8. The molecule has 4 aromatic carbocycles. The molecule has 1 aliphatic carbocycles. The lowest BCUT2D eigenvalue weighted by Gasteiger charge is -2.51. The van der Waals surface area contributed by atoms with Crippen LogP contribution in [0.15, 0.2) is 66.7 Å². The minimum atomic E-state index is 0. The summed E-state index contributed by atoms with van der Waals surface area (Å²) in [7, 11) is 6.62. The fraction of sp³-hybridized carbons (Fsp3) is 0.442. The quantitative estimate of drug-likeness (QED) is 0.177.